The van der Waals surface area contributed by atoms with E-state index in [0.29, 0.717) is 30.0 Å². The summed E-state index contributed by atoms with van der Waals surface area (Å²) in [6.45, 7) is 0.997. The molecular formula is C24H24FN5O2. The maximum absolute atomic E-state index is 14.4. The summed E-state index contributed by atoms with van der Waals surface area (Å²) in [5, 5.41) is 8.50. The van der Waals surface area contributed by atoms with E-state index in [0.717, 1.165) is 27.9 Å². The van der Waals surface area contributed by atoms with Crippen molar-refractivity contribution in [3.05, 3.63) is 55.0 Å². The summed E-state index contributed by atoms with van der Waals surface area (Å²) >= 11 is 0. The van der Waals surface area contributed by atoms with Gasteiger partial charge in [-0.2, -0.15) is 5.10 Å². The van der Waals surface area contributed by atoms with Gasteiger partial charge in [0.2, 0.25) is 0 Å². The Morgan fingerprint density at radius 3 is 2.72 bits per heavy atom. The molecule has 0 unspecified atom stereocenters. The lowest BCUT2D eigenvalue weighted by Crippen LogP contribution is -2.44. The van der Waals surface area contributed by atoms with Gasteiger partial charge in [-0.05, 0) is 19.0 Å². The zero-order valence-corrected chi connectivity index (χ0v) is 18.0. The van der Waals surface area contributed by atoms with Crippen LogP contribution in [0.2, 0.25) is 0 Å². The average molecular weight is 433 g/mol. The Balaban J connectivity index is 1.64. The maximum Gasteiger partial charge on any atom is 0.162 e. The molecule has 5 rings (SSSR count). The molecule has 2 aromatic heterocycles. The molecule has 8 heteroatoms. The molecule has 7 nitrogen and oxygen atoms in total. The molecule has 0 radical (unpaired) electrons. The lowest BCUT2D eigenvalue weighted by atomic mass is 10.0. The fourth-order valence-corrected chi connectivity index (χ4v) is 4.09. The molecule has 1 fully saturated rings. The molecule has 0 saturated carbocycles. The highest BCUT2D eigenvalue weighted by Crippen LogP contribution is 2.39. The van der Waals surface area contributed by atoms with Crippen molar-refractivity contribution in [3.63, 3.8) is 0 Å². The maximum atomic E-state index is 14.4. The fourth-order valence-electron chi connectivity index (χ4n) is 4.09. The van der Waals surface area contributed by atoms with Crippen LogP contribution in [-0.4, -0.2) is 52.2 Å². The number of hydrogen-bond acceptors (Lipinski definition) is 6. The summed E-state index contributed by atoms with van der Waals surface area (Å²) in [5.74, 6) is 0.998. The molecule has 2 aromatic carbocycles. The normalized spacial score (nSPS) is 18.6. The number of benzene rings is 2. The molecule has 164 valence electrons. The van der Waals surface area contributed by atoms with Crippen molar-refractivity contribution in [2.75, 3.05) is 20.2 Å². The molecule has 1 N–H and O–H groups in total. The second-order valence-corrected chi connectivity index (χ2v) is 7.84. The highest BCUT2D eigenvalue weighted by Gasteiger charge is 2.28. The van der Waals surface area contributed by atoms with E-state index in [9.17, 15) is 4.39 Å². The number of fused-ring (bicyclic) bond motifs is 1. The quantitative estimate of drug-likeness (QED) is 0.516. The van der Waals surface area contributed by atoms with Crippen molar-refractivity contribution < 1.29 is 13.9 Å². The summed E-state index contributed by atoms with van der Waals surface area (Å²) in [6, 6.07) is 13.6. The van der Waals surface area contributed by atoms with Crippen LogP contribution in [0.3, 0.4) is 0 Å². The second kappa shape index (κ2) is 8.55. The van der Waals surface area contributed by atoms with Crippen LogP contribution in [0.4, 0.5) is 4.39 Å². The van der Waals surface area contributed by atoms with Gasteiger partial charge in [-0.1, -0.05) is 30.3 Å². The van der Waals surface area contributed by atoms with Crippen LogP contribution in [0.15, 0.2) is 55.0 Å². The predicted octanol–water partition coefficient (Wildman–Crippen LogP) is 3.78. The van der Waals surface area contributed by atoms with Gasteiger partial charge >= 0.3 is 0 Å². The van der Waals surface area contributed by atoms with Gasteiger partial charge in [0.05, 0.1) is 18.3 Å². The Morgan fingerprint density at radius 1 is 1.09 bits per heavy atom. The molecule has 0 spiro atoms. The third kappa shape index (κ3) is 3.78. The summed E-state index contributed by atoms with van der Waals surface area (Å²) < 4.78 is 27.8. The first-order valence-corrected chi connectivity index (χ1v) is 10.6. The number of halogens is 1. The lowest BCUT2D eigenvalue weighted by Gasteiger charge is -2.28. The van der Waals surface area contributed by atoms with Gasteiger partial charge in [-0.25, -0.2) is 14.4 Å². The van der Waals surface area contributed by atoms with Crippen molar-refractivity contribution in [1.29, 1.82) is 0 Å². The van der Waals surface area contributed by atoms with Crippen molar-refractivity contribution in [2.24, 2.45) is 7.05 Å². The summed E-state index contributed by atoms with van der Waals surface area (Å²) in [7, 11) is 3.45. The first-order chi connectivity index (χ1) is 15.6. The molecule has 1 aliphatic heterocycles. The van der Waals surface area contributed by atoms with E-state index in [1.165, 1.54) is 6.33 Å². The highest BCUT2D eigenvalue weighted by molar-refractivity contribution is 5.97. The van der Waals surface area contributed by atoms with E-state index in [-0.39, 0.29) is 6.54 Å². The number of alkyl halides is 1. The Bertz CT molecular complexity index is 1240. The molecule has 0 amide bonds. The SMILES string of the molecule is COc1cc2ncnc(-c3cn(C)nc3-c3ccccc3)c2cc1O[C@@H]1CCNC[C@H]1F. The minimum atomic E-state index is -1.08. The Kier molecular flexibility index (Phi) is 5.45. The van der Waals surface area contributed by atoms with E-state index >= 15 is 0 Å². The van der Waals surface area contributed by atoms with Gasteiger partial charge in [0.15, 0.2) is 11.5 Å². The number of ether oxygens (including phenoxy) is 2. The van der Waals surface area contributed by atoms with Crippen LogP contribution in [0.5, 0.6) is 11.5 Å². The van der Waals surface area contributed by atoms with Gasteiger partial charge in [0.25, 0.3) is 0 Å². The van der Waals surface area contributed by atoms with E-state index in [2.05, 4.69) is 20.4 Å². The molecular weight excluding hydrogens is 409 g/mol. The van der Waals surface area contributed by atoms with E-state index < -0.39 is 12.3 Å². The Morgan fingerprint density at radius 2 is 1.94 bits per heavy atom. The van der Waals surface area contributed by atoms with Crippen LogP contribution in [0.1, 0.15) is 6.42 Å². The summed E-state index contributed by atoms with van der Waals surface area (Å²) in [5.41, 5.74) is 4.15. The molecule has 32 heavy (non-hydrogen) atoms. The number of hydrogen-bond donors (Lipinski definition) is 1. The van der Waals surface area contributed by atoms with Gasteiger partial charge in [-0.15, -0.1) is 0 Å². The van der Waals surface area contributed by atoms with E-state index in [1.54, 1.807) is 11.8 Å². The van der Waals surface area contributed by atoms with Crippen LogP contribution in [0.25, 0.3) is 33.4 Å². The van der Waals surface area contributed by atoms with Gasteiger partial charge in [-0.3, -0.25) is 4.68 Å². The monoisotopic (exact) mass is 433 g/mol. The van der Waals surface area contributed by atoms with E-state index in [1.807, 2.05) is 55.7 Å². The number of aromatic nitrogens is 4. The Labute approximate surface area is 185 Å². The minimum absolute atomic E-state index is 0.283. The van der Waals surface area contributed by atoms with Crippen LogP contribution in [0, 0.1) is 0 Å². The predicted molar refractivity (Wildman–Crippen MR) is 121 cm³/mol. The molecule has 1 saturated heterocycles. The fraction of sp³-hybridized carbons (Fsp3) is 0.292. The standard InChI is InChI=1S/C24H24FN5O2/c1-30-13-17(23(29-30)15-6-4-3-5-7-15)24-16-10-22(32-20-8-9-26-12-18(20)25)21(31-2)11-19(16)27-14-28-24/h3-7,10-11,13-14,18,20,26H,8-9,12H2,1-2H3/t18-,20-/m1/s1. The average Bonchev–Trinajstić information content (AvgIpc) is 3.21. The molecule has 0 bridgehead atoms. The zero-order chi connectivity index (χ0) is 22.1. The number of piperidine rings is 1. The largest absolute Gasteiger partial charge is 0.493 e. The minimum Gasteiger partial charge on any atom is -0.493 e. The molecule has 1 aliphatic rings. The second-order valence-electron chi connectivity index (χ2n) is 7.84. The zero-order valence-electron chi connectivity index (χ0n) is 18.0. The third-order valence-corrected chi connectivity index (χ3v) is 5.68. The molecule has 3 heterocycles. The first-order valence-electron chi connectivity index (χ1n) is 10.6. The molecule has 2 atom stereocenters. The highest BCUT2D eigenvalue weighted by atomic mass is 19.1. The third-order valence-electron chi connectivity index (χ3n) is 5.68. The van der Waals surface area contributed by atoms with Crippen molar-refractivity contribution in [2.45, 2.75) is 18.7 Å². The van der Waals surface area contributed by atoms with E-state index in [4.69, 9.17) is 9.47 Å². The molecule has 0 aliphatic carbocycles. The summed E-state index contributed by atoms with van der Waals surface area (Å²) in [6.07, 6.45) is 2.44. The number of nitrogens with one attached hydrogen (secondary N) is 1. The van der Waals surface area contributed by atoms with Crippen molar-refractivity contribution in [1.82, 2.24) is 25.1 Å². The number of methoxy groups -OCH3 is 1. The number of rotatable bonds is 5. The van der Waals surface area contributed by atoms with Gasteiger partial charge < -0.3 is 14.8 Å². The summed E-state index contributed by atoms with van der Waals surface area (Å²) in [4.78, 5) is 9.02. The first kappa shape index (κ1) is 20.4. The molecule has 4 aromatic rings. The smallest absolute Gasteiger partial charge is 0.162 e. The van der Waals surface area contributed by atoms with Crippen LogP contribution in [-0.2, 0) is 7.05 Å². The topological polar surface area (TPSA) is 74.1 Å². The number of aryl methyl sites for hydroxylation is 1. The van der Waals surface area contributed by atoms with Crippen LogP contribution >= 0.6 is 0 Å². The van der Waals surface area contributed by atoms with Crippen molar-refractivity contribution in [3.8, 4) is 34.0 Å². The Hall–Kier alpha value is -3.52. The number of nitrogens with zero attached hydrogens (tertiary/aromatic N) is 4. The van der Waals surface area contributed by atoms with Gasteiger partial charge in [0, 0.05) is 42.4 Å². The lowest BCUT2D eigenvalue weighted by molar-refractivity contribution is 0.0709. The van der Waals surface area contributed by atoms with Crippen LogP contribution < -0.4 is 14.8 Å². The van der Waals surface area contributed by atoms with Gasteiger partial charge in [0.1, 0.15) is 24.3 Å². The van der Waals surface area contributed by atoms with Crippen molar-refractivity contribution >= 4 is 10.9 Å².